The van der Waals surface area contributed by atoms with Gasteiger partial charge in [0.05, 0.1) is 23.5 Å². The smallest absolute Gasteiger partial charge is 0.360 e. The van der Waals surface area contributed by atoms with Crippen LogP contribution in [0.3, 0.4) is 0 Å². The summed E-state index contributed by atoms with van der Waals surface area (Å²) >= 11 is 3.28. The van der Waals surface area contributed by atoms with E-state index in [4.69, 9.17) is 4.74 Å². The summed E-state index contributed by atoms with van der Waals surface area (Å²) in [7, 11) is 0. The lowest BCUT2D eigenvalue weighted by Gasteiger charge is -2.13. The Hall–Kier alpha value is -3.33. The molecule has 0 aliphatic heterocycles. The average molecular weight is 460 g/mol. The van der Waals surface area contributed by atoms with Crippen molar-refractivity contribution in [2.75, 3.05) is 11.9 Å². The summed E-state index contributed by atoms with van der Waals surface area (Å²) < 4.78 is 19.6. The van der Waals surface area contributed by atoms with E-state index in [1.807, 2.05) is 0 Å². The number of benzene rings is 2. The number of aromatic nitrogens is 2. The lowest BCUT2D eigenvalue weighted by molar-refractivity contribution is 0.0518. The van der Waals surface area contributed by atoms with Crippen molar-refractivity contribution in [2.45, 2.75) is 6.92 Å². The first-order valence-electron chi connectivity index (χ1n) is 8.54. The Morgan fingerprint density at radius 3 is 2.52 bits per heavy atom. The lowest BCUT2D eigenvalue weighted by Crippen LogP contribution is -2.27. The zero-order chi connectivity index (χ0) is 21.0. The summed E-state index contributed by atoms with van der Waals surface area (Å²) in [6.07, 6.45) is 0. The van der Waals surface area contributed by atoms with E-state index in [9.17, 15) is 18.8 Å². The van der Waals surface area contributed by atoms with Crippen molar-refractivity contribution >= 4 is 33.5 Å². The molecule has 0 saturated carbocycles. The number of nitrogens with one attached hydrogen (secondary N) is 1. The molecule has 0 radical (unpaired) electrons. The van der Waals surface area contributed by atoms with Crippen molar-refractivity contribution in [2.24, 2.45) is 0 Å². The van der Waals surface area contributed by atoms with Crippen molar-refractivity contribution in [3.8, 4) is 5.69 Å². The lowest BCUT2D eigenvalue weighted by atomic mass is 10.2. The average Bonchev–Trinajstić information content (AvgIpc) is 2.69. The van der Waals surface area contributed by atoms with Gasteiger partial charge in [-0.05, 0) is 59.3 Å². The highest BCUT2D eigenvalue weighted by molar-refractivity contribution is 9.10. The number of anilines is 1. The summed E-state index contributed by atoms with van der Waals surface area (Å²) in [5.74, 6) is -1.83. The predicted molar refractivity (Wildman–Crippen MR) is 108 cm³/mol. The Bertz CT molecular complexity index is 1130. The second-order valence-corrected chi connectivity index (χ2v) is 6.64. The van der Waals surface area contributed by atoms with Crippen LogP contribution in [0.5, 0.6) is 0 Å². The quantitative estimate of drug-likeness (QED) is 0.589. The van der Waals surface area contributed by atoms with E-state index in [-0.39, 0.29) is 23.7 Å². The standard InChI is InChI=1S/C20H15BrFN3O4/c1-2-29-20(28)18-16(23-19(27)14-5-3-4-6-15(14)21)11-17(26)25(24-18)13-9-7-12(22)8-10-13/h3-11H,2H2,1H3,(H,23,27). The minimum Gasteiger partial charge on any atom is -0.461 e. The number of carbonyl (C=O) groups is 2. The Labute approximate surface area is 173 Å². The molecule has 29 heavy (non-hydrogen) atoms. The molecular weight excluding hydrogens is 445 g/mol. The summed E-state index contributed by atoms with van der Waals surface area (Å²) in [5, 5.41) is 6.57. The summed E-state index contributed by atoms with van der Waals surface area (Å²) in [5.41, 5.74) is -0.397. The Kier molecular flexibility index (Phi) is 6.18. The van der Waals surface area contributed by atoms with Gasteiger partial charge in [-0.15, -0.1) is 0 Å². The molecule has 3 rings (SSSR count). The SMILES string of the molecule is CCOC(=O)c1nn(-c2ccc(F)cc2)c(=O)cc1NC(=O)c1ccccc1Br. The third-order valence-corrected chi connectivity index (χ3v) is 4.53. The molecule has 148 valence electrons. The van der Waals surface area contributed by atoms with E-state index in [0.29, 0.717) is 10.0 Å². The number of hydrogen-bond donors (Lipinski definition) is 1. The van der Waals surface area contributed by atoms with Gasteiger partial charge in [-0.1, -0.05) is 12.1 Å². The van der Waals surface area contributed by atoms with Crippen LogP contribution in [-0.4, -0.2) is 28.3 Å². The van der Waals surface area contributed by atoms with Gasteiger partial charge in [-0.2, -0.15) is 9.78 Å². The molecule has 1 aromatic heterocycles. The maximum absolute atomic E-state index is 13.2. The highest BCUT2D eigenvalue weighted by atomic mass is 79.9. The predicted octanol–water partition coefficient (Wildman–Crippen LogP) is 3.56. The highest BCUT2D eigenvalue weighted by Gasteiger charge is 2.21. The van der Waals surface area contributed by atoms with Gasteiger partial charge in [0.15, 0.2) is 5.69 Å². The van der Waals surface area contributed by atoms with Crippen LogP contribution in [0.15, 0.2) is 63.9 Å². The van der Waals surface area contributed by atoms with E-state index in [1.54, 1.807) is 31.2 Å². The fourth-order valence-corrected chi connectivity index (χ4v) is 2.97. The van der Waals surface area contributed by atoms with Gasteiger partial charge in [-0.25, -0.2) is 9.18 Å². The van der Waals surface area contributed by atoms with Gasteiger partial charge in [0.1, 0.15) is 5.82 Å². The fourth-order valence-electron chi connectivity index (χ4n) is 2.50. The van der Waals surface area contributed by atoms with Crippen LogP contribution in [0.1, 0.15) is 27.8 Å². The van der Waals surface area contributed by atoms with Gasteiger partial charge < -0.3 is 10.1 Å². The number of nitrogens with zero attached hydrogens (tertiary/aromatic N) is 2. The van der Waals surface area contributed by atoms with Crippen LogP contribution in [0.4, 0.5) is 10.1 Å². The van der Waals surface area contributed by atoms with Crippen molar-refractivity contribution in [3.63, 3.8) is 0 Å². The molecule has 2 aromatic carbocycles. The number of ether oxygens (including phenoxy) is 1. The molecule has 1 N–H and O–H groups in total. The molecule has 3 aromatic rings. The Morgan fingerprint density at radius 2 is 1.86 bits per heavy atom. The zero-order valence-electron chi connectivity index (χ0n) is 15.2. The zero-order valence-corrected chi connectivity index (χ0v) is 16.8. The minimum atomic E-state index is -0.814. The maximum Gasteiger partial charge on any atom is 0.360 e. The molecule has 1 heterocycles. The molecule has 7 nitrogen and oxygen atoms in total. The van der Waals surface area contributed by atoms with E-state index < -0.39 is 23.3 Å². The second kappa shape index (κ2) is 8.78. The third kappa shape index (κ3) is 4.57. The number of rotatable bonds is 5. The van der Waals surface area contributed by atoms with Gasteiger partial charge in [0.25, 0.3) is 11.5 Å². The van der Waals surface area contributed by atoms with Gasteiger partial charge in [-0.3, -0.25) is 9.59 Å². The maximum atomic E-state index is 13.2. The normalized spacial score (nSPS) is 10.4. The fraction of sp³-hybridized carbons (Fsp3) is 0.100. The first-order valence-corrected chi connectivity index (χ1v) is 9.33. The molecule has 0 spiro atoms. The molecule has 0 bridgehead atoms. The Morgan fingerprint density at radius 1 is 1.17 bits per heavy atom. The second-order valence-electron chi connectivity index (χ2n) is 5.79. The van der Waals surface area contributed by atoms with Gasteiger partial charge in [0.2, 0.25) is 0 Å². The van der Waals surface area contributed by atoms with E-state index in [2.05, 4.69) is 26.3 Å². The molecule has 0 aliphatic carbocycles. The summed E-state index contributed by atoms with van der Waals surface area (Å²) in [6.45, 7) is 1.70. The van der Waals surface area contributed by atoms with Crippen LogP contribution < -0.4 is 10.9 Å². The largest absolute Gasteiger partial charge is 0.461 e. The number of esters is 1. The molecule has 0 fully saturated rings. The molecule has 0 aliphatic rings. The van der Waals surface area contributed by atoms with Crippen molar-refractivity contribution < 1.29 is 18.7 Å². The number of carbonyl (C=O) groups excluding carboxylic acids is 2. The third-order valence-electron chi connectivity index (χ3n) is 3.84. The van der Waals surface area contributed by atoms with Crippen molar-refractivity contribution in [1.82, 2.24) is 9.78 Å². The van der Waals surface area contributed by atoms with Gasteiger partial charge in [0, 0.05) is 10.5 Å². The number of hydrogen-bond acceptors (Lipinski definition) is 5. The molecular formula is C20H15BrFN3O4. The van der Waals surface area contributed by atoms with Crippen molar-refractivity contribution in [1.29, 1.82) is 0 Å². The number of halogens is 2. The molecule has 1 amide bonds. The van der Waals surface area contributed by atoms with Crippen molar-refractivity contribution in [3.05, 3.63) is 86.5 Å². The highest BCUT2D eigenvalue weighted by Crippen LogP contribution is 2.19. The topological polar surface area (TPSA) is 90.3 Å². The van der Waals surface area contributed by atoms with Crippen LogP contribution in [-0.2, 0) is 4.74 Å². The van der Waals surface area contributed by atoms with Crippen LogP contribution in [0, 0.1) is 5.82 Å². The van der Waals surface area contributed by atoms with Crippen LogP contribution in [0.2, 0.25) is 0 Å². The molecule has 0 saturated heterocycles. The first-order chi connectivity index (χ1) is 13.9. The van der Waals surface area contributed by atoms with Crippen LogP contribution >= 0.6 is 15.9 Å². The van der Waals surface area contributed by atoms with Crippen LogP contribution in [0.25, 0.3) is 5.69 Å². The van der Waals surface area contributed by atoms with E-state index in [1.165, 1.54) is 12.1 Å². The Balaban J connectivity index is 2.06. The number of amides is 1. The van der Waals surface area contributed by atoms with Gasteiger partial charge >= 0.3 is 5.97 Å². The molecule has 0 unspecified atom stereocenters. The first kappa shape index (κ1) is 20.4. The van der Waals surface area contributed by atoms with E-state index >= 15 is 0 Å². The summed E-state index contributed by atoms with van der Waals surface area (Å²) in [6, 6.07) is 12.8. The monoisotopic (exact) mass is 459 g/mol. The summed E-state index contributed by atoms with van der Waals surface area (Å²) in [4.78, 5) is 37.5. The van der Waals surface area contributed by atoms with E-state index in [0.717, 1.165) is 22.9 Å². The molecule has 9 heteroatoms. The molecule has 0 atom stereocenters. The minimum absolute atomic E-state index is 0.0772.